The van der Waals surface area contributed by atoms with Crippen LogP contribution in [0.1, 0.15) is 36.2 Å². The SMILES string of the molecule is CCOC(=O)c1c(Br)nn(C2CC2)c1Br. The highest BCUT2D eigenvalue weighted by Gasteiger charge is 2.31. The van der Waals surface area contributed by atoms with Gasteiger partial charge in [-0.3, -0.25) is 4.68 Å². The van der Waals surface area contributed by atoms with Gasteiger partial charge in [-0.1, -0.05) is 0 Å². The summed E-state index contributed by atoms with van der Waals surface area (Å²) < 4.78 is 8.03. The molecule has 15 heavy (non-hydrogen) atoms. The molecule has 0 unspecified atom stereocenters. The van der Waals surface area contributed by atoms with Gasteiger partial charge in [0.25, 0.3) is 0 Å². The van der Waals surface area contributed by atoms with Crippen molar-refractivity contribution < 1.29 is 9.53 Å². The van der Waals surface area contributed by atoms with Crippen molar-refractivity contribution in [2.75, 3.05) is 6.61 Å². The smallest absolute Gasteiger partial charge is 0.343 e. The van der Waals surface area contributed by atoms with Crippen molar-refractivity contribution in [3.63, 3.8) is 0 Å². The summed E-state index contributed by atoms with van der Waals surface area (Å²) in [6, 6.07) is 0.429. The van der Waals surface area contributed by atoms with Crippen molar-refractivity contribution in [3.05, 3.63) is 14.8 Å². The van der Waals surface area contributed by atoms with Crippen molar-refractivity contribution in [2.24, 2.45) is 0 Å². The fraction of sp³-hybridized carbons (Fsp3) is 0.556. The second-order valence-corrected chi connectivity index (χ2v) is 4.86. The van der Waals surface area contributed by atoms with Gasteiger partial charge in [0, 0.05) is 0 Å². The van der Waals surface area contributed by atoms with Crippen LogP contribution in [0.4, 0.5) is 0 Å². The van der Waals surface area contributed by atoms with E-state index in [9.17, 15) is 4.79 Å². The van der Waals surface area contributed by atoms with Crippen molar-refractivity contribution in [1.29, 1.82) is 0 Å². The van der Waals surface area contributed by atoms with Crippen LogP contribution in [0.25, 0.3) is 0 Å². The summed E-state index contributed by atoms with van der Waals surface area (Å²) in [7, 11) is 0. The van der Waals surface area contributed by atoms with E-state index in [0.29, 0.717) is 27.4 Å². The van der Waals surface area contributed by atoms with Gasteiger partial charge in [-0.15, -0.1) is 0 Å². The molecular formula is C9H10Br2N2O2. The lowest BCUT2D eigenvalue weighted by atomic mass is 10.4. The maximum Gasteiger partial charge on any atom is 0.343 e. The van der Waals surface area contributed by atoms with Crippen LogP contribution in [0.3, 0.4) is 0 Å². The van der Waals surface area contributed by atoms with E-state index in [1.807, 2.05) is 4.68 Å². The first-order valence-corrected chi connectivity index (χ1v) is 6.34. The molecule has 1 aromatic rings. The molecular weight excluding hydrogens is 328 g/mol. The topological polar surface area (TPSA) is 44.1 Å². The Labute approximate surface area is 104 Å². The van der Waals surface area contributed by atoms with Crippen molar-refractivity contribution in [1.82, 2.24) is 9.78 Å². The Bertz CT molecular complexity index is 399. The highest BCUT2D eigenvalue weighted by molar-refractivity contribution is 9.11. The van der Waals surface area contributed by atoms with E-state index in [1.165, 1.54) is 0 Å². The zero-order chi connectivity index (χ0) is 11.0. The molecule has 1 saturated carbocycles. The van der Waals surface area contributed by atoms with Crippen LogP contribution >= 0.6 is 31.9 Å². The lowest BCUT2D eigenvalue weighted by molar-refractivity contribution is 0.0524. The number of rotatable bonds is 3. The Balaban J connectivity index is 2.33. The van der Waals surface area contributed by atoms with Crippen LogP contribution in [-0.4, -0.2) is 22.4 Å². The Kier molecular flexibility index (Phi) is 3.16. The molecule has 1 aromatic heterocycles. The Morgan fingerprint density at radius 3 is 2.80 bits per heavy atom. The third-order valence-electron chi connectivity index (χ3n) is 2.18. The van der Waals surface area contributed by atoms with Crippen LogP contribution in [0.2, 0.25) is 0 Å². The lowest BCUT2D eigenvalue weighted by Gasteiger charge is -2.01. The Hall–Kier alpha value is -0.360. The van der Waals surface area contributed by atoms with E-state index in [4.69, 9.17) is 4.74 Å². The molecule has 6 heteroatoms. The fourth-order valence-corrected chi connectivity index (χ4v) is 2.83. The number of carbonyl (C=O) groups excluding carboxylic acids is 1. The number of aromatic nitrogens is 2. The molecule has 0 atom stereocenters. The summed E-state index contributed by atoms with van der Waals surface area (Å²) >= 11 is 6.65. The van der Waals surface area contributed by atoms with Crippen molar-refractivity contribution in [3.8, 4) is 0 Å². The molecule has 82 valence electrons. The van der Waals surface area contributed by atoms with Crippen molar-refractivity contribution in [2.45, 2.75) is 25.8 Å². The molecule has 1 heterocycles. The molecule has 0 amide bonds. The summed E-state index contributed by atoms with van der Waals surface area (Å²) in [6.07, 6.45) is 2.24. The predicted octanol–water partition coefficient (Wildman–Crippen LogP) is 2.92. The van der Waals surface area contributed by atoms with Crippen LogP contribution < -0.4 is 0 Å². The second kappa shape index (κ2) is 4.25. The minimum Gasteiger partial charge on any atom is -0.462 e. The maximum absolute atomic E-state index is 11.6. The van der Waals surface area contributed by atoms with Crippen LogP contribution in [0.15, 0.2) is 9.21 Å². The molecule has 0 N–H and O–H groups in total. The predicted molar refractivity (Wildman–Crippen MR) is 61.9 cm³/mol. The summed E-state index contributed by atoms with van der Waals surface area (Å²) in [5, 5.41) is 4.26. The van der Waals surface area contributed by atoms with Crippen LogP contribution in [-0.2, 0) is 4.74 Å². The molecule has 0 aromatic carbocycles. The lowest BCUT2D eigenvalue weighted by Crippen LogP contribution is -2.05. The minimum absolute atomic E-state index is 0.344. The normalized spacial score (nSPS) is 15.4. The van der Waals surface area contributed by atoms with Crippen LogP contribution in [0.5, 0.6) is 0 Å². The quantitative estimate of drug-likeness (QED) is 0.796. The van der Waals surface area contributed by atoms with E-state index >= 15 is 0 Å². The summed E-state index contributed by atoms with van der Waals surface area (Å²) in [6.45, 7) is 2.15. The molecule has 0 saturated heterocycles. The van der Waals surface area contributed by atoms with Gasteiger partial charge >= 0.3 is 5.97 Å². The number of halogens is 2. The number of hydrogen-bond acceptors (Lipinski definition) is 3. The first kappa shape index (κ1) is 11.1. The number of nitrogens with zero attached hydrogens (tertiary/aromatic N) is 2. The standard InChI is InChI=1S/C9H10Br2N2O2/c1-2-15-9(14)6-7(10)12-13(8(6)11)5-3-4-5/h5H,2-4H2,1H3. The maximum atomic E-state index is 11.6. The number of hydrogen-bond donors (Lipinski definition) is 0. The first-order valence-electron chi connectivity index (χ1n) is 4.75. The third kappa shape index (κ3) is 2.10. The second-order valence-electron chi connectivity index (χ2n) is 3.35. The molecule has 0 radical (unpaired) electrons. The zero-order valence-corrected chi connectivity index (χ0v) is 11.3. The van der Waals surface area contributed by atoms with E-state index in [2.05, 4.69) is 37.0 Å². The monoisotopic (exact) mass is 336 g/mol. The fourth-order valence-electron chi connectivity index (χ4n) is 1.32. The summed E-state index contributed by atoms with van der Waals surface area (Å²) in [5.74, 6) is -0.344. The van der Waals surface area contributed by atoms with Gasteiger partial charge in [0.2, 0.25) is 0 Å². The average molecular weight is 338 g/mol. The Morgan fingerprint density at radius 2 is 2.27 bits per heavy atom. The molecule has 4 nitrogen and oxygen atoms in total. The van der Waals surface area contributed by atoms with Gasteiger partial charge in [-0.25, -0.2) is 4.79 Å². The molecule has 0 bridgehead atoms. The highest BCUT2D eigenvalue weighted by atomic mass is 79.9. The van der Waals surface area contributed by atoms with E-state index in [0.717, 1.165) is 12.8 Å². The number of ether oxygens (including phenoxy) is 1. The molecule has 1 aliphatic carbocycles. The van der Waals surface area contributed by atoms with E-state index in [-0.39, 0.29) is 5.97 Å². The van der Waals surface area contributed by atoms with Gasteiger partial charge in [-0.05, 0) is 51.6 Å². The zero-order valence-electron chi connectivity index (χ0n) is 8.17. The molecule has 0 spiro atoms. The third-order valence-corrected chi connectivity index (χ3v) is 3.50. The summed E-state index contributed by atoms with van der Waals surface area (Å²) in [5.41, 5.74) is 0.476. The number of esters is 1. The average Bonchev–Trinajstić information content (AvgIpc) is 2.94. The first-order chi connectivity index (χ1) is 7.15. The largest absolute Gasteiger partial charge is 0.462 e. The van der Waals surface area contributed by atoms with E-state index < -0.39 is 0 Å². The van der Waals surface area contributed by atoms with Gasteiger partial charge in [0.1, 0.15) is 14.8 Å². The van der Waals surface area contributed by atoms with Gasteiger partial charge in [-0.2, -0.15) is 5.10 Å². The minimum atomic E-state index is -0.344. The van der Waals surface area contributed by atoms with Gasteiger partial charge in [0.15, 0.2) is 0 Å². The Morgan fingerprint density at radius 1 is 1.60 bits per heavy atom. The van der Waals surface area contributed by atoms with Crippen LogP contribution in [0, 0.1) is 0 Å². The van der Waals surface area contributed by atoms with Gasteiger partial charge < -0.3 is 4.74 Å². The molecule has 1 aliphatic rings. The number of carbonyl (C=O) groups is 1. The van der Waals surface area contributed by atoms with Gasteiger partial charge in [0.05, 0.1) is 12.6 Å². The molecule has 0 aliphatic heterocycles. The van der Waals surface area contributed by atoms with Crippen molar-refractivity contribution >= 4 is 37.8 Å². The van der Waals surface area contributed by atoms with E-state index in [1.54, 1.807) is 6.92 Å². The molecule has 1 fully saturated rings. The highest BCUT2D eigenvalue weighted by Crippen LogP contribution is 2.39. The molecule has 2 rings (SSSR count). The summed E-state index contributed by atoms with van der Waals surface area (Å²) in [4.78, 5) is 11.6.